The van der Waals surface area contributed by atoms with Crippen LogP contribution in [0, 0.1) is 6.92 Å². The van der Waals surface area contributed by atoms with Gasteiger partial charge in [-0.05, 0) is 28.9 Å². The lowest BCUT2D eigenvalue weighted by Crippen LogP contribution is -2.12. The fourth-order valence-corrected chi connectivity index (χ4v) is 2.53. The first kappa shape index (κ1) is 13.3. The van der Waals surface area contributed by atoms with Gasteiger partial charge in [0.2, 0.25) is 0 Å². The van der Waals surface area contributed by atoms with Crippen LogP contribution in [-0.4, -0.2) is 15.9 Å². The molecule has 0 aliphatic carbocycles. The molecule has 8 heteroatoms. The van der Waals surface area contributed by atoms with Gasteiger partial charge in [0.15, 0.2) is 10.3 Å². The minimum absolute atomic E-state index is 0.224. The van der Waals surface area contributed by atoms with Gasteiger partial charge in [-0.3, -0.25) is 4.79 Å². The number of thiazole rings is 1. The molecular weight excluding hydrogens is 340 g/mol. The quantitative estimate of drug-likeness (QED) is 0.818. The molecule has 0 aliphatic rings. The van der Waals surface area contributed by atoms with Crippen molar-refractivity contribution in [2.24, 2.45) is 0 Å². The Balaban J connectivity index is 2.26. The third-order valence-electron chi connectivity index (χ3n) is 2.07. The third kappa shape index (κ3) is 2.80. The van der Waals surface area contributed by atoms with Crippen molar-refractivity contribution in [3.63, 3.8) is 0 Å². The molecule has 0 bridgehead atoms. The second kappa shape index (κ2) is 5.21. The highest BCUT2D eigenvalue weighted by Gasteiger charge is 2.15. The molecule has 18 heavy (non-hydrogen) atoms. The van der Waals surface area contributed by atoms with Crippen molar-refractivity contribution in [1.82, 2.24) is 9.97 Å². The van der Waals surface area contributed by atoms with E-state index in [2.05, 4.69) is 31.2 Å². The summed E-state index contributed by atoms with van der Waals surface area (Å²) in [7, 11) is 0. The van der Waals surface area contributed by atoms with Gasteiger partial charge >= 0.3 is 0 Å². The Hall–Kier alpha value is -1.18. The molecule has 0 saturated heterocycles. The Kier molecular flexibility index (Phi) is 3.84. The molecule has 0 aliphatic heterocycles. The van der Waals surface area contributed by atoms with Gasteiger partial charge in [0, 0.05) is 10.7 Å². The first-order valence-corrected chi connectivity index (χ1v) is 6.81. The first-order chi connectivity index (χ1) is 8.47. The van der Waals surface area contributed by atoms with Crippen molar-refractivity contribution in [3.8, 4) is 0 Å². The van der Waals surface area contributed by atoms with Crippen molar-refractivity contribution in [2.45, 2.75) is 6.92 Å². The molecule has 3 N–H and O–H groups in total. The largest absolute Gasteiger partial charge is 0.375 e. The van der Waals surface area contributed by atoms with Gasteiger partial charge in [-0.15, -0.1) is 0 Å². The van der Waals surface area contributed by atoms with Crippen molar-refractivity contribution < 1.29 is 4.79 Å². The number of hydrogen-bond donors (Lipinski definition) is 2. The van der Waals surface area contributed by atoms with Crippen molar-refractivity contribution in [1.29, 1.82) is 0 Å². The summed E-state index contributed by atoms with van der Waals surface area (Å²) in [6.45, 7) is 1.72. The molecule has 2 aromatic rings. The normalized spacial score (nSPS) is 10.4. The van der Waals surface area contributed by atoms with Crippen molar-refractivity contribution in [2.75, 3.05) is 11.1 Å². The predicted molar refractivity (Wildman–Crippen MR) is 76.2 cm³/mol. The van der Waals surface area contributed by atoms with Crippen LogP contribution in [0.1, 0.15) is 15.4 Å². The van der Waals surface area contributed by atoms with Crippen molar-refractivity contribution >= 4 is 55.6 Å². The van der Waals surface area contributed by atoms with Crippen LogP contribution >= 0.6 is 38.9 Å². The molecule has 0 unspecified atom stereocenters. The molecule has 5 nitrogen and oxygen atoms in total. The average molecular weight is 348 g/mol. The van der Waals surface area contributed by atoms with E-state index in [1.54, 1.807) is 19.2 Å². The van der Waals surface area contributed by atoms with Crippen LogP contribution in [0.3, 0.4) is 0 Å². The van der Waals surface area contributed by atoms with Crippen LogP contribution in [0.5, 0.6) is 0 Å². The number of anilines is 2. The van der Waals surface area contributed by atoms with E-state index in [0.717, 1.165) is 15.8 Å². The van der Waals surface area contributed by atoms with Gasteiger partial charge in [0.05, 0.1) is 11.4 Å². The van der Waals surface area contributed by atoms with Gasteiger partial charge in [0.1, 0.15) is 4.88 Å². The minimum atomic E-state index is -0.302. The molecule has 0 spiro atoms. The second-order valence-corrected chi connectivity index (χ2v) is 5.72. The van der Waals surface area contributed by atoms with E-state index in [-0.39, 0.29) is 11.1 Å². The summed E-state index contributed by atoms with van der Waals surface area (Å²) >= 11 is 10.3. The Morgan fingerprint density at radius 2 is 2.33 bits per heavy atom. The lowest BCUT2D eigenvalue weighted by molar-refractivity contribution is 0.103. The van der Waals surface area contributed by atoms with Gasteiger partial charge in [-0.25, -0.2) is 9.97 Å². The Labute approximate surface area is 121 Å². The van der Waals surface area contributed by atoms with E-state index in [0.29, 0.717) is 21.4 Å². The molecule has 2 rings (SSSR count). The van der Waals surface area contributed by atoms with E-state index in [9.17, 15) is 4.79 Å². The van der Waals surface area contributed by atoms with Crippen LogP contribution in [0.15, 0.2) is 16.7 Å². The average Bonchev–Trinajstić information content (AvgIpc) is 2.63. The third-order valence-corrected chi connectivity index (χ3v) is 3.79. The summed E-state index contributed by atoms with van der Waals surface area (Å²) in [5, 5.41) is 3.25. The fraction of sp³-hybridized carbons (Fsp3) is 0.100. The topological polar surface area (TPSA) is 80.9 Å². The van der Waals surface area contributed by atoms with Crippen LogP contribution in [0.25, 0.3) is 0 Å². The summed E-state index contributed by atoms with van der Waals surface area (Å²) in [6.07, 6.45) is 1.55. The Morgan fingerprint density at radius 3 is 2.94 bits per heavy atom. The van der Waals surface area contributed by atoms with Gasteiger partial charge in [-0.1, -0.05) is 22.9 Å². The maximum absolute atomic E-state index is 12.0. The number of halogens is 2. The number of nitrogens with two attached hydrogens (primary N) is 1. The lowest BCUT2D eigenvalue weighted by Gasteiger charge is -2.05. The number of carbonyl (C=O) groups excluding carboxylic acids is 1. The molecule has 2 aromatic heterocycles. The Bertz CT molecular complexity index is 616. The minimum Gasteiger partial charge on any atom is -0.375 e. The molecule has 94 valence electrons. The van der Waals surface area contributed by atoms with Gasteiger partial charge < -0.3 is 11.1 Å². The number of nitrogens with zero attached hydrogens (tertiary/aromatic N) is 2. The number of aryl methyl sites for hydroxylation is 1. The molecule has 1 amide bonds. The summed E-state index contributed by atoms with van der Waals surface area (Å²) in [6, 6.07) is 1.67. The SMILES string of the molecule is Cc1nc(N)sc1C(=O)Nc1cc(Br)cnc1Cl. The molecule has 2 heterocycles. The van der Waals surface area contributed by atoms with Crippen molar-refractivity contribution in [3.05, 3.63) is 32.5 Å². The van der Waals surface area contributed by atoms with E-state index in [1.807, 2.05) is 0 Å². The van der Waals surface area contributed by atoms with Crippen LogP contribution in [0.2, 0.25) is 5.15 Å². The van der Waals surface area contributed by atoms with E-state index in [4.69, 9.17) is 17.3 Å². The monoisotopic (exact) mass is 346 g/mol. The number of nitrogens with one attached hydrogen (secondary N) is 1. The number of amides is 1. The highest BCUT2D eigenvalue weighted by molar-refractivity contribution is 9.10. The zero-order valence-electron chi connectivity index (χ0n) is 9.20. The zero-order chi connectivity index (χ0) is 13.3. The van der Waals surface area contributed by atoms with E-state index in [1.165, 1.54) is 0 Å². The zero-order valence-corrected chi connectivity index (χ0v) is 12.4. The molecule has 0 saturated carbocycles. The first-order valence-electron chi connectivity index (χ1n) is 4.82. The summed E-state index contributed by atoms with van der Waals surface area (Å²) < 4.78 is 0.725. The van der Waals surface area contributed by atoms with Gasteiger partial charge in [-0.2, -0.15) is 0 Å². The molecule has 0 atom stereocenters. The smallest absolute Gasteiger partial charge is 0.267 e. The number of hydrogen-bond acceptors (Lipinski definition) is 5. The fourth-order valence-electron chi connectivity index (χ4n) is 1.32. The highest BCUT2D eigenvalue weighted by atomic mass is 79.9. The number of carbonyl (C=O) groups is 1. The Morgan fingerprint density at radius 1 is 1.61 bits per heavy atom. The van der Waals surface area contributed by atoms with Crippen LogP contribution in [0.4, 0.5) is 10.8 Å². The number of rotatable bonds is 2. The summed E-state index contributed by atoms with van der Waals surface area (Å²) in [5.41, 5.74) is 6.57. The predicted octanol–water partition coefficient (Wildman–Crippen LogP) is 3.10. The number of nitrogen functional groups attached to an aromatic ring is 1. The lowest BCUT2D eigenvalue weighted by atomic mass is 10.3. The molecule has 0 aromatic carbocycles. The second-order valence-electron chi connectivity index (χ2n) is 3.41. The molecular formula is C10H8BrClN4OS. The number of pyridine rings is 1. The highest BCUT2D eigenvalue weighted by Crippen LogP contribution is 2.25. The number of aromatic nitrogens is 2. The van der Waals surface area contributed by atoms with E-state index >= 15 is 0 Å². The maximum Gasteiger partial charge on any atom is 0.267 e. The summed E-state index contributed by atoms with van der Waals surface area (Å²) in [5.74, 6) is -0.302. The molecule has 0 fully saturated rings. The van der Waals surface area contributed by atoms with Crippen LogP contribution in [-0.2, 0) is 0 Å². The van der Waals surface area contributed by atoms with Gasteiger partial charge in [0.25, 0.3) is 5.91 Å². The maximum atomic E-state index is 12.0. The summed E-state index contributed by atoms with van der Waals surface area (Å²) in [4.78, 5) is 20.4. The van der Waals surface area contributed by atoms with Crippen LogP contribution < -0.4 is 11.1 Å². The molecule has 0 radical (unpaired) electrons. The van der Waals surface area contributed by atoms with E-state index < -0.39 is 0 Å². The standard InChI is InChI=1S/C10H8BrClN4OS/c1-4-7(18-10(13)15-4)9(17)16-6-2-5(11)3-14-8(6)12/h2-3H,1H3,(H2,13,15)(H,16,17).